The van der Waals surface area contributed by atoms with Crippen molar-refractivity contribution in [3.8, 4) is 0 Å². The van der Waals surface area contributed by atoms with Gasteiger partial charge in [-0.2, -0.15) is 0 Å². The molecule has 0 aromatic heterocycles. The lowest BCUT2D eigenvalue weighted by molar-refractivity contribution is -0.130. The van der Waals surface area contributed by atoms with Crippen molar-refractivity contribution >= 4 is 18.1 Å². The molecule has 1 fully saturated rings. The lowest BCUT2D eigenvalue weighted by Gasteiger charge is -2.45. The summed E-state index contributed by atoms with van der Waals surface area (Å²) >= 11 is 0. The number of nitrogens with one attached hydrogen (secondary N) is 2. The van der Waals surface area contributed by atoms with E-state index in [1.807, 2.05) is 30.0 Å². The van der Waals surface area contributed by atoms with Gasteiger partial charge in [0.15, 0.2) is 0 Å². The third-order valence-corrected chi connectivity index (χ3v) is 5.55. The van der Waals surface area contributed by atoms with Crippen molar-refractivity contribution in [2.24, 2.45) is 0 Å². The minimum Gasteiger partial charge on any atom is -0.465 e. The number of carbonyl (C=O) groups excluding carboxylic acids is 2. The lowest BCUT2D eigenvalue weighted by Crippen LogP contribution is -2.60. The van der Waals surface area contributed by atoms with E-state index in [9.17, 15) is 23.9 Å². The fourth-order valence-electron chi connectivity index (χ4n) is 3.86. The van der Waals surface area contributed by atoms with Crippen molar-refractivity contribution < 1.29 is 28.6 Å². The van der Waals surface area contributed by atoms with Gasteiger partial charge in [-0.1, -0.05) is 42.5 Å². The topological polar surface area (TPSA) is 111 Å². The van der Waals surface area contributed by atoms with Crippen LogP contribution < -0.4 is 10.9 Å². The van der Waals surface area contributed by atoms with Gasteiger partial charge in [-0.3, -0.25) is 15.1 Å². The summed E-state index contributed by atoms with van der Waals surface area (Å²) in [6.45, 7) is 4.09. The summed E-state index contributed by atoms with van der Waals surface area (Å²) in [6.07, 6.45) is -1.86. The van der Waals surface area contributed by atoms with Crippen LogP contribution in [0.3, 0.4) is 0 Å². The number of carboxylic acid groups (broad SMARTS) is 1. The molecule has 2 unspecified atom stereocenters. The number of hydrogen-bond acceptors (Lipinski definition) is 5. The zero-order valence-corrected chi connectivity index (χ0v) is 18.4. The van der Waals surface area contributed by atoms with Gasteiger partial charge >= 0.3 is 12.2 Å². The number of carbonyl (C=O) groups is 3. The number of rotatable bonds is 5. The standard InChI is InChI=1S/C23H27FN4O5/c1-15-13-28(23(31)32)16(2)12-27(15)20(18-8-10-19(24)11-9-18)21(29)25-26-22(30)33-14-17-6-4-3-5-7-17/h3-11,15-16,20H,12-14H2,1-2H3,(H,25,29)(H,26,30)(H,31,32)/t15?,16-,20?/m0/s1. The quantitative estimate of drug-likeness (QED) is 0.594. The molecule has 0 aliphatic carbocycles. The van der Waals surface area contributed by atoms with Crippen molar-refractivity contribution in [2.75, 3.05) is 13.1 Å². The van der Waals surface area contributed by atoms with E-state index < -0.39 is 30.0 Å². The molecule has 176 valence electrons. The smallest absolute Gasteiger partial charge is 0.426 e. The number of piperazine rings is 1. The second-order valence-electron chi connectivity index (χ2n) is 7.96. The molecule has 1 aliphatic rings. The average molecular weight is 458 g/mol. The molecule has 1 aliphatic heterocycles. The van der Waals surface area contributed by atoms with Crippen LogP contribution in [0.5, 0.6) is 0 Å². The highest BCUT2D eigenvalue weighted by molar-refractivity contribution is 5.85. The van der Waals surface area contributed by atoms with Gasteiger partial charge in [-0.25, -0.2) is 19.4 Å². The van der Waals surface area contributed by atoms with Crippen LogP contribution >= 0.6 is 0 Å². The minimum atomic E-state index is -1.03. The van der Waals surface area contributed by atoms with E-state index in [2.05, 4.69) is 10.9 Å². The molecule has 0 radical (unpaired) electrons. The highest BCUT2D eigenvalue weighted by Crippen LogP contribution is 2.28. The van der Waals surface area contributed by atoms with Crippen LogP contribution in [0.25, 0.3) is 0 Å². The van der Waals surface area contributed by atoms with Crippen molar-refractivity contribution in [2.45, 2.75) is 38.6 Å². The van der Waals surface area contributed by atoms with Gasteiger partial charge in [0.05, 0.1) is 0 Å². The fourth-order valence-corrected chi connectivity index (χ4v) is 3.86. The molecular weight excluding hydrogens is 431 g/mol. The van der Waals surface area contributed by atoms with Crippen LogP contribution in [0.1, 0.15) is 31.0 Å². The number of ether oxygens (including phenoxy) is 1. The van der Waals surface area contributed by atoms with E-state index in [0.29, 0.717) is 5.56 Å². The molecule has 9 nitrogen and oxygen atoms in total. The van der Waals surface area contributed by atoms with Gasteiger partial charge in [0.1, 0.15) is 18.5 Å². The largest absolute Gasteiger partial charge is 0.465 e. The van der Waals surface area contributed by atoms with Crippen LogP contribution in [0, 0.1) is 5.82 Å². The summed E-state index contributed by atoms with van der Waals surface area (Å²) in [5.41, 5.74) is 5.91. The summed E-state index contributed by atoms with van der Waals surface area (Å²) in [7, 11) is 0. The van der Waals surface area contributed by atoms with Crippen LogP contribution in [0.4, 0.5) is 14.0 Å². The summed E-state index contributed by atoms with van der Waals surface area (Å²) in [5.74, 6) is -1.00. The van der Waals surface area contributed by atoms with Gasteiger partial charge in [-0.15, -0.1) is 0 Å². The SMILES string of the molecule is CC1CN(C(=O)O)[C@@H](C)CN1C(C(=O)NNC(=O)OCc1ccccc1)c1ccc(F)cc1. The zero-order valence-electron chi connectivity index (χ0n) is 18.4. The molecule has 1 heterocycles. The molecule has 1 saturated heterocycles. The Morgan fingerprint density at radius 1 is 1.03 bits per heavy atom. The Balaban J connectivity index is 1.70. The summed E-state index contributed by atoms with van der Waals surface area (Å²) in [4.78, 5) is 39.8. The fraction of sp³-hybridized carbons (Fsp3) is 0.348. The van der Waals surface area contributed by atoms with E-state index in [1.165, 1.54) is 29.2 Å². The molecule has 10 heteroatoms. The molecule has 33 heavy (non-hydrogen) atoms. The van der Waals surface area contributed by atoms with Crippen LogP contribution in [0.2, 0.25) is 0 Å². The Morgan fingerprint density at radius 3 is 2.33 bits per heavy atom. The summed E-state index contributed by atoms with van der Waals surface area (Å²) in [6, 6.07) is 13.0. The molecule has 3 amide bonds. The first-order chi connectivity index (χ1) is 15.8. The molecule has 0 saturated carbocycles. The van der Waals surface area contributed by atoms with Gasteiger partial charge in [-0.05, 0) is 37.1 Å². The lowest BCUT2D eigenvalue weighted by atomic mass is 9.99. The maximum Gasteiger partial charge on any atom is 0.426 e. The molecule has 3 rings (SSSR count). The molecule has 2 aromatic rings. The highest BCUT2D eigenvalue weighted by atomic mass is 19.1. The first kappa shape index (κ1) is 24.0. The Bertz CT molecular complexity index is 973. The highest BCUT2D eigenvalue weighted by Gasteiger charge is 2.39. The van der Waals surface area contributed by atoms with Crippen LogP contribution in [-0.4, -0.2) is 58.2 Å². The first-order valence-corrected chi connectivity index (χ1v) is 10.5. The molecule has 3 atom stereocenters. The second kappa shape index (κ2) is 10.8. The zero-order chi connectivity index (χ0) is 24.0. The Kier molecular flexibility index (Phi) is 7.83. The van der Waals surface area contributed by atoms with Gasteiger partial charge in [0.25, 0.3) is 5.91 Å². The average Bonchev–Trinajstić information content (AvgIpc) is 2.80. The van der Waals surface area contributed by atoms with Crippen molar-refractivity contribution in [3.63, 3.8) is 0 Å². The molecule has 0 bridgehead atoms. The summed E-state index contributed by atoms with van der Waals surface area (Å²) < 4.78 is 18.6. The number of amides is 3. The third kappa shape index (κ3) is 6.19. The minimum absolute atomic E-state index is 0.0373. The molecule has 3 N–H and O–H groups in total. The number of hydrogen-bond donors (Lipinski definition) is 3. The Labute approximate surface area is 191 Å². The predicted molar refractivity (Wildman–Crippen MR) is 117 cm³/mol. The third-order valence-electron chi connectivity index (χ3n) is 5.55. The van der Waals surface area contributed by atoms with Crippen LogP contribution in [-0.2, 0) is 16.1 Å². The number of nitrogens with zero attached hydrogens (tertiary/aromatic N) is 2. The van der Waals surface area contributed by atoms with Crippen molar-refractivity contribution in [1.82, 2.24) is 20.7 Å². The summed E-state index contributed by atoms with van der Waals surface area (Å²) in [5, 5.41) is 9.41. The maximum absolute atomic E-state index is 13.5. The monoisotopic (exact) mass is 458 g/mol. The number of benzene rings is 2. The Hall–Kier alpha value is -3.66. The van der Waals surface area contributed by atoms with Crippen LogP contribution in [0.15, 0.2) is 54.6 Å². The van der Waals surface area contributed by atoms with Crippen molar-refractivity contribution in [1.29, 1.82) is 0 Å². The van der Waals surface area contributed by atoms with Crippen molar-refractivity contribution in [3.05, 3.63) is 71.5 Å². The molecule has 0 spiro atoms. The maximum atomic E-state index is 13.5. The normalized spacial score (nSPS) is 19.4. The van der Waals surface area contributed by atoms with E-state index in [4.69, 9.17) is 4.74 Å². The van der Waals surface area contributed by atoms with Gasteiger partial charge in [0.2, 0.25) is 0 Å². The van der Waals surface area contributed by atoms with Gasteiger partial charge < -0.3 is 14.7 Å². The first-order valence-electron chi connectivity index (χ1n) is 10.5. The predicted octanol–water partition coefficient (Wildman–Crippen LogP) is 2.90. The van der Waals surface area contributed by atoms with E-state index in [0.717, 1.165) is 5.56 Å². The second-order valence-corrected chi connectivity index (χ2v) is 7.96. The number of halogens is 1. The number of hydrazine groups is 1. The van der Waals surface area contributed by atoms with E-state index in [1.54, 1.807) is 19.1 Å². The van der Waals surface area contributed by atoms with Gasteiger partial charge in [0, 0.05) is 25.2 Å². The van der Waals surface area contributed by atoms with E-state index >= 15 is 0 Å². The van der Waals surface area contributed by atoms with E-state index in [-0.39, 0.29) is 31.8 Å². The molecule has 2 aromatic carbocycles. The Morgan fingerprint density at radius 2 is 1.70 bits per heavy atom. The molecular formula is C23H27FN4O5.